The number of fused-ring (bicyclic) bond motifs is 1. The van der Waals surface area contributed by atoms with Crippen molar-refractivity contribution in [1.29, 1.82) is 0 Å². The third-order valence-corrected chi connectivity index (χ3v) is 14.1. The molecule has 3 heterocycles. The van der Waals surface area contributed by atoms with Gasteiger partial charge >= 0.3 is 0 Å². The maximum Gasteiger partial charge on any atom is 0.252 e. The average Bonchev–Trinajstić information content (AvgIpc) is 3.62. The topological polar surface area (TPSA) is 78.3 Å². The zero-order chi connectivity index (χ0) is 32.1. The number of carbonyl (C=O) groups is 1. The number of rotatable bonds is 12. The van der Waals surface area contributed by atoms with Crippen LogP contribution >= 0.6 is 0 Å². The molecule has 2 aliphatic heterocycles. The Morgan fingerprint density at radius 1 is 1.15 bits per heavy atom. The molecule has 9 rings (SSSR count). The maximum absolute atomic E-state index is 14.7. The molecule has 1 aromatic heterocycles. The van der Waals surface area contributed by atoms with Crippen LogP contribution in [0, 0.1) is 11.3 Å². The van der Waals surface area contributed by atoms with Crippen LogP contribution in [0.4, 0.5) is 0 Å². The van der Waals surface area contributed by atoms with Crippen molar-refractivity contribution in [1.82, 2.24) is 19.6 Å². The lowest BCUT2D eigenvalue weighted by atomic mass is 9.37. The monoisotopic (exact) mass is 646 g/mol. The third-order valence-electron chi connectivity index (χ3n) is 12.4. The second-order valence-corrected chi connectivity index (χ2v) is 21.7. The van der Waals surface area contributed by atoms with Gasteiger partial charge in [0.05, 0.1) is 24.8 Å². The van der Waals surface area contributed by atoms with Gasteiger partial charge < -0.3 is 23.8 Å². The van der Waals surface area contributed by atoms with E-state index < -0.39 is 13.7 Å². The molecule has 1 aromatic carbocycles. The summed E-state index contributed by atoms with van der Waals surface area (Å²) >= 11 is 0. The van der Waals surface area contributed by atoms with Gasteiger partial charge in [0.2, 0.25) is 0 Å². The SMILES string of the molecule is COc1ccc2c3c1O[C@@H]1[C@]34CCN(CC3CC3)[C@H](C2)[C@@]42C=C(C(=O)N(C)Cc3ccnn3COCC[Si](C)(C)C)[C@]1(OC)CC2. The Kier molecular flexibility index (Phi) is 7.11. The molecule has 7 aliphatic rings. The molecule has 2 saturated carbocycles. The molecule has 5 atom stereocenters. The molecule has 2 aromatic rings. The van der Waals surface area contributed by atoms with Crippen molar-refractivity contribution in [3.8, 4) is 11.5 Å². The summed E-state index contributed by atoms with van der Waals surface area (Å²) in [5.74, 6) is 2.47. The van der Waals surface area contributed by atoms with Crippen LogP contribution in [0.15, 0.2) is 36.0 Å². The first-order valence-electron chi connectivity index (χ1n) is 17.3. The minimum Gasteiger partial charge on any atom is -0.493 e. The number of carbonyl (C=O) groups excluding carboxylic acids is 1. The average molecular weight is 647 g/mol. The Hall–Kier alpha value is -2.66. The summed E-state index contributed by atoms with van der Waals surface area (Å²) in [6.07, 6.45) is 10.3. The van der Waals surface area contributed by atoms with Gasteiger partial charge in [0, 0.05) is 64.2 Å². The van der Waals surface area contributed by atoms with E-state index in [9.17, 15) is 4.79 Å². The number of piperidine rings is 1. The van der Waals surface area contributed by atoms with Gasteiger partial charge in [0.15, 0.2) is 11.5 Å². The molecule has 248 valence electrons. The van der Waals surface area contributed by atoms with E-state index in [2.05, 4.69) is 47.8 Å². The van der Waals surface area contributed by atoms with E-state index in [-0.39, 0.29) is 22.8 Å². The fourth-order valence-electron chi connectivity index (χ4n) is 9.91. The van der Waals surface area contributed by atoms with Gasteiger partial charge in [-0.2, -0.15) is 5.10 Å². The van der Waals surface area contributed by atoms with E-state index in [1.807, 2.05) is 22.7 Å². The maximum atomic E-state index is 14.7. The third kappa shape index (κ3) is 4.28. The number of methoxy groups -OCH3 is 2. The number of ether oxygens (including phenoxy) is 4. The molecule has 3 fully saturated rings. The minimum absolute atomic E-state index is 0.00677. The second-order valence-electron chi connectivity index (χ2n) is 16.0. The lowest BCUT2D eigenvalue weighted by Crippen LogP contribution is -2.78. The van der Waals surface area contributed by atoms with Crippen LogP contribution in [0.25, 0.3) is 0 Å². The zero-order valence-electron chi connectivity index (χ0n) is 28.4. The van der Waals surface area contributed by atoms with Gasteiger partial charge in [-0.05, 0) is 74.7 Å². The van der Waals surface area contributed by atoms with Crippen molar-refractivity contribution >= 4 is 14.0 Å². The van der Waals surface area contributed by atoms with Gasteiger partial charge in [-0.1, -0.05) is 31.8 Å². The summed E-state index contributed by atoms with van der Waals surface area (Å²) in [7, 11) is 4.23. The van der Waals surface area contributed by atoms with Crippen LogP contribution in [-0.4, -0.2) is 92.3 Å². The van der Waals surface area contributed by atoms with Crippen molar-refractivity contribution in [3.63, 3.8) is 0 Å². The molecule has 4 bridgehead atoms. The minimum atomic E-state index is -1.18. The molecule has 0 N–H and O–H groups in total. The fourth-order valence-corrected chi connectivity index (χ4v) is 10.7. The number of benzene rings is 1. The van der Waals surface area contributed by atoms with Crippen LogP contribution in [-0.2, 0) is 39.4 Å². The summed E-state index contributed by atoms with van der Waals surface area (Å²) in [5, 5.41) is 4.52. The largest absolute Gasteiger partial charge is 0.493 e. The number of hydrogen-bond acceptors (Lipinski definition) is 7. The second kappa shape index (κ2) is 10.7. The summed E-state index contributed by atoms with van der Waals surface area (Å²) < 4.78 is 27.5. The van der Waals surface area contributed by atoms with E-state index in [0.717, 1.165) is 80.1 Å². The molecule has 9 nitrogen and oxygen atoms in total. The highest BCUT2D eigenvalue weighted by atomic mass is 28.3. The van der Waals surface area contributed by atoms with Crippen molar-refractivity contribution in [2.75, 3.05) is 41.0 Å². The first-order valence-corrected chi connectivity index (χ1v) is 21.0. The lowest BCUT2D eigenvalue weighted by Gasteiger charge is -2.70. The summed E-state index contributed by atoms with van der Waals surface area (Å²) in [6, 6.07) is 7.77. The highest BCUT2D eigenvalue weighted by Crippen LogP contribution is 2.75. The van der Waals surface area contributed by atoms with Gasteiger partial charge in [0.25, 0.3) is 5.91 Å². The Morgan fingerprint density at radius 3 is 2.72 bits per heavy atom. The van der Waals surface area contributed by atoms with Crippen LogP contribution < -0.4 is 9.47 Å². The highest BCUT2D eigenvalue weighted by Gasteiger charge is 2.79. The first kappa shape index (κ1) is 30.7. The molecule has 0 radical (unpaired) electrons. The molecule has 0 unspecified atom stereocenters. The molecular weight excluding hydrogens is 597 g/mol. The Bertz CT molecular complexity index is 1580. The van der Waals surface area contributed by atoms with Crippen LogP contribution in [0.2, 0.25) is 25.7 Å². The number of amides is 1. The van der Waals surface area contributed by atoms with E-state index in [1.54, 1.807) is 20.4 Å². The van der Waals surface area contributed by atoms with E-state index in [4.69, 9.17) is 18.9 Å². The molecule has 10 heteroatoms. The molecule has 1 amide bonds. The number of aromatic nitrogens is 2. The highest BCUT2D eigenvalue weighted by molar-refractivity contribution is 6.76. The predicted octanol–water partition coefficient (Wildman–Crippen LogP) is 5.01. The Labute approximate surface area is 274 Å². The predicted molar refractivity (Wildman–Crippen MR) is 178 cm³/mol. The number of likely N-dealkylation sites (tertiary alicyclic amines) is 1. The number of nitrogens with zero attached hydrogens (tertiary/aromatic N) is 4. The Morgan fingerprint density at radius 2 is 1.98 bits per heavy atom. The summed E-state index contributed by atoms with van der Waals surface area (Å²) in [5.41, 5.74) is 3.15. The van der Waals surface area contributed by atoms with Crippen LogP contribution in [0.3, 0.4) is 0 Å². The fraction of sp³-hybridized carbons (Fsp3) is 0.667. The van der Waals surface area contributed by atoms with E-state index in [0.29, 0.717) is 19.3 Å². The first-order chi connectivity index (χ1) is 22.1. The molecule has 46 heavy (non-hydrogen) atoms. The van der Waals surface area contributed by atoms with Crippen molar-refractivity contribution in [2.24, 2.45) is 11.3 Å². The summed E-state index contributed by atoms with van der Waals surface area (Å²) in [6.45, 7) is 10.8. The van der Waals surface area contributed by atoms with Crippen molar-refractivity contribution in [3.05, 3.63) is 52.9 Å². The van der Waals surface area contributed by atoms with Crippen LogP contribution in [0.1, 0.15) is 48.9 Å². The van der Waals surface area contributed by atoms with E-state index >= 15 is 0 Å². The molecule has 1 saturated heterocycles. The van der Waals surface area contributed by atoms with Crippen molar-refractivity contribution in [2.45, 2.75) is 101 Å². The van der Waals surface area contributed by atoms with Gasteiger partial charge in [0.1, 0.15) is 18.4 Å². The van der Waals surface area contributed by atoms with E-state index in [1.165, 1.54) is 24.0 Å². The van der Waals surface area contributed by atoms with Crippen LogP contribution in [0.5, 0.6) is 11.5 Å². The molecule has 2 spiro atoms. The van der Waals surface area contributed by atoms with Gasteiger partial charge in [-0.15, -0.1) is 0 Å². The van der Waals surface area contributed by atoms with Crippen molar-refractivity contribution < 1.29 is 23.7 Å². The quantitative estimate of drug-likeness (QED) is 0.237. The number of hydrogen-bond donors (Lipinski definition) is 0. The lowest BCUT2D eigenvalue weighted by molar-refractivity contribution is -0.198. The number of likely N-dealkylation sites (N-methyl/N-ethyl adjacent to an activating group) is 1. The zero-order valence-corrected chi connectivity index (χ0v) is 29.4. The molecular formula is C36H50N4O5Si. The Balaban J connectivity index is 1.15. The normalized spacial score (nSPS) is 32.2. The molecule has 5 aliphatic carbocycles. The standard InChI is InChI=1S/C36H50N4O5Si/c1-38(22-26-11-15-37-40(26)23-44-17-18-46(4,5)6)32(41)27-20-34-12-13-36(27,43-3)33-35(34)14-16-39(21-24-7-8-24)29(34)19-25-9-10-28(42-2)31(45-33)30(25)35/h9-11,15,20,24,29,33H,7-8,12-14,16-19,21-23H2,1-6H3/t29-,33-,34-,35+,36-/m1/s1. The van der Waals surface area contributed by atoms with Gasteiger partial charge in [-0.3, -0.25) is 9.69 Å². The smallest absolute Gasteiger partial charge is 0.252 e. The summed E-state index contributed by atoms with van der Waals surface area (Å²) in [4.78, 5) is 19.3. The van der Waals surface area contributed by atoms with Gasteiger partial charge in [-0.25, -0.2) is 4.68 Å².